The van der Waals surface area contributed by atoms with Crippen LogP contribution in [0.1, 0.15) is 26.2 Å². The number of aliphatic hydroxyl groups is 1. The minimum atomic E-state index is -1.05. The monoisotopic (exact) mass is 186 g/mol. The number of hydrogen-bond donors (Lipinski definition) is 3. The van der Waals surface area contributed by atoms with E-state index in [0.717, 1.165) is 6.42 Å². The summed E-state index contributed by atoms with van der Waals surface area (Å²) >= 11 is 0. The summed E-state index contributed by atoms with van der Waals surface area (Å²) in [5.41, 5.74) is 4.93. The predicted octanol–water partition coefficient (Wildman–Crippen LogP) is -0.389. The lowest BCUT2D eigenvalue weighted by molar-refractivity contribution is -0.125. The molecule has 1 aliphatic carbocycles. The average Bonchev–Trinajstić information content (AvgIpc) is 2.47. The molecule has 0 aliphatic heterocycles. The molecule has 0 radical (unpaired) electrons. The van der Waals surface area contributed by atoms with E-state index in [1.807, 2.05) is 0 Å². The molecule has 76 valence electrons. The zero-order chi connectivity index (χ0) is 9.84. The quantitative estimate of drug-likeness (QED) is 0.559. The van der Waals surface area contributed by atoms with E-state index in [-0.39, 0.29) is 6.54 Å². The van der Waals surface area contributed by atoms with Crippen LogP contribution in [0.4, 0.5) is 0 Å². The molecule has 3 atom stereocenters. The summed E-state index contributed by atoms with van der Waals surface area (Å²) in [5, 5.41) is 12.3. The second-order valence-corrected chi connectivity index (χ2v) is 3.84. The van der Waals surface area contributed by atoms with Gasteiger partial charge in [0.25, 0.3) is 0 Å². The highest BCUT2D eigenvalue weighted by Crippen LogP contribution is 2.24. The zero-order valence-electron chi connectivity index (χ0n) is 7.99. The van der Waals surface area contributed by atoms with Crippen LogP contribution in [0.25, 0.3) is 0 Å². The summed E-state index contributed by atoms with van der Waals surface area (Å²) in [6.45, 7) is 2.46. The third kappa shape index (κ3) is 2.97. The second-order valence-electron chi connectivity index (χ2n) is 3.84. The number of aliphatic hydroxyl groups excluding tert-OH is 1. The topological polar surface area (TPSA) is 75.3 Å². The number of carbonyl (C=O) groups excluding carboxylic acids is 1. The summed E-state index contributed by atoms with van der Waals surface area (Å²) in [7, 11) is 0. The van der Waals surface area contributed by atoms with Crippen molar-refractivity contribution >= 4 is 5.91 Å². The van der Waals surface area contributed by atoms with Crippen molar-refractivity contribution in [2.45, 2.75) is 38.3 Å². The normalized spacial score (nSPS) is 30.3. The second kappa shape index (κ2) is 4.58. The summed E-state index contributed by atoms with van der Waals surface area (Å²) in [4.78, 5) is 10.5. The highest BCUT2D eigenvalue weighted by molar-refractivity contribution is 5.78. The molecule has 0 aromatic rings. The fourth-order valence-corrected chi connectivity index (χ4v) is 1.81. The van der Waals surface area contributed by atoms with Gasteiger partial charge in [-0.3, -0.25) is 4.79 Å². The molecule has 0 saturated heterocycles. The van der Waals surface area contributed by atoms with E-state index in [2.05, 4.69) is 12.2 Å². The van der Waals surface area contributed by atoms with Crippen LogP contribution < -0.4 is 11.1 Å². The molecule has 1 saturated carbocycles. The molecule has 13 heavy (non-hydrogen) atoms. The molecule has 0 spiro atoms. The standard InChI is InChI=1S/C9H18N2O2/c1-6-3-2-4-7(6)11-5-8(12)9(10)13/h6-8,11-12H,2-5H2,1H3,(H2,10,13). The first-order valence-corrected chi connectivity index (χ1v) is 4.82. The van der Waals surface area contributed by atoms with Crippen molar-refractivity contribution in [1.82, 2.24) is 5.32 Å². The Morgan fingerprint density at radius 3 is 2.85 bits per heavy atom. The van der Waals surface area contributed by atoms with Crippen LogP contribution in [-0.2, 0) is 4.79 Å². The summed E-state index contributed by atoms with van der Waals surface area (Å²) < 4.78 is 0. The van der Waals surface area contributed by atoms with Gasteiger partial charge in [0.15, 0.2) is 0 Å². The van der Waals surface area contributed by atoms with E-state index < -0.39 is 12.0 Å². The first-order valence-electron chi connectivity index (χ1n) is 4.82. The Hall–Kier alpha value is -0.610. The molecule has 0 heterocycles. The van der Waals surface area contributed by atoms with Gasteiger partial charge in [0, 0.05) is 12.6 Å². The molecule has 3 unspecified atom stereocenters. The Morgan fingerprint density at radius 1 is 1.69 bits per heavy atom. The largest absolute Gasteiger partial charge is 0.382 e. The molecule has 1 rings (SSSR count). The van der Waals surface area contributed by atoms with E-state index in [1.54, 1.807) is 0 Å². The number of carbonyl (C=O) groups is 1. The van der Waals surface area contributed by atoms with Gasteiger partial charge in [0.2, 0.25) is 5.91 Å². The fraction of sp³-hybridized carbons (Fsp3) is 0.889. The molecule has 4 heteroatoms. The molecule has 1 amide bonds. The molecule has 4 N–H and O–H groups in total. The van der Waals surface area contributed by atoms with Gasteiger partial charge in [-0.05, 0) is 18.8 Å². The van der Waals surface area contributed by atoms with Crippen LogP contribution in [0, 0.1) is 5.92 Å². The number of hydrogen-bond acceptors (Lipinski definition) is 3. The molecule has 4 nitrogen and oxygen atoms in total. The molecular formula is C9H18N2O2. The van der Waals surface area contributed by atoms with Gasteiger partial charge >= 0.3 is 0 Å². The molecule has 1 aliphatic rings. The van der Waals surface area contributed by atoms with Crippen molar-refractivity contribution in [2.24, 2.45) is 11.7 Å². The Kier molecular flexibility index (Phi) is 3.69. The molecule has 0 aromatic heterocycles. The van der Waals surface area contributed by atoms with Crippen LogP contribution in [-0.4, -0.2) is 29.7 Å². The molecule has 0 bridgehead atoms. The van der Waals surface area contributed by atoms with Crippen LogP contribution in [0.15, 0.2) is 0 Å². The van der Waals surface area contributed by atoms with Gasteiger partial charge in [-0.25, -0.2) is 0 Å². The van der Waals surface area contributed by atoms with E-state index in [9.17, 15) is 4.79 Å². The Labute approximate surface area is 78.5 Å². The third-order valence-electron chi connectivity index (χ3n) is 2.76. The lowest BCUT2D eigenvalue weighted by Gasteiger charge is -2.18. The Morgan fingerprint density at radius 2 is 2.38 bits per heavy atom. The first-order chi connectivity index (χ1) is 6.11. The van der Waals surface area contributed by atoms with Gasteiger partial charge in [0.05, 0.1) is 0 Å². The van der Waals surface area contributed by atoms with Crippen LogP contribution in [0.3, 0.4) is 0 Å². The first kappa shape index (κ1) is 10.5. The molecular weight excluding hydrogens is 168 g/mol. The maximum Gasteiger partial charge on any atom is 0.247 e. The van der Waals surface area contributed by atoms with Crippen molar-refractivity contribution in [1.29, 1.82) is 0 Å². The Bertz CT molecular complexity index is 184. The predicted molar refractivity (Wildman–Crippen MR) is 50.0 cm³/mol. The zero-order valence-corrected chi connectivity index (χ0v) is 7.99. The minimum Gasteiger partial charge on any atom is -0.382 e. The van der Waals surface area contributed by atoms with Crippen molar-refractivity contribution in [3.63, 3.8) is 0 Å². The van der Waals surface area contributed by atoms with Crippen molar-refractivity contribution in [2.75, 3.05) is 6.54 Å². The average molecular weight is 186 g/mol. The van der Waals surface area contributed by atoms with Crippen molar-refractivity contribution < 1.29 is 9.90 Å². The number of rotatable bonds is 4. The van der Waals surface area contributed by atoms with Gasteiger partial charge < -0.3 is 16.2 Å². The number of primary amides is 1. The fourth-order valence-electron chi connectivity index (χ4n) is 1.81. The van der Waals surface area contributed by atoms with Crippen molar-refractivity contribution in [3.8, 4) is 0 Å². The van der Waals surface area contributed by atoms with Gasteiger partial charge in [0.1, 0.15) is 6.10 Å². The van der Waals surface area contributed by atoms with Crippen LogP contribution in [0.2, 0.25) is 0 Å². The number of amides is 1. The third-order valence-corrected chi connectivity index (χ3v) is 2.76. The maximum absolute atomic E-state index is 10.5. The van der Waals surface area contributed by atoms with E-state index in [0.29, 0.717) is 12.0 Å². The Balaban J connectivity index is 2.22. The number of nitrogens with one attached hydrogen (secondary N) is 1. The lowest BCUT2D eigenvalue weighted by atomic mass is 10.1. The SMILES string of the molecule is CC1CCCC1NCC(O)C(N)=O. The van der Waals surface area contributed by atoms with Gasteiger partial charge in [-0.1, -0.05) is 13.3 Å². The highest BCUT2D eigenvalue weighted by Gasteiger charge is 2.23. The molecule has 1 fully saturated rings. The number of nitrogens with two attached hydrogens (primary N) is 1. The van der Waals surface area contributed by atoms with Gasteiger partial charge in [-0.2, -0.15) is 0 Å². The minimum absolute atomic E-state index is 0.282. The van der Waals surface area contributed by atoms with Gasteiger partial charge in [-0.15, -0.1) is 0 Å². The highest BCUT2D eigenvalue weighted by atomic mass is 16.3. The summed E-state index contributed by atoms with van der Waals surface area (Å²) in [6, 6.07) is 0.439. The summed E-state index contributed by atoms with van der Waals surface area (Å²) in [5.74, 6) is -0.0155. The van der Waals surface area contributed by atoms with Crippen molar-refractivity contribution in [3.05, 3.63) is 0 Å². The maximum atomic E-state index is 10.5. The van der Waals surface area contributed by atoms with Crippen LogP contribution in [0.5, 0.6) is 0 Å². The van der Waals surface area contributed by atoms with Crippen LogP contribution >= 0.6 is 0 Å². The smallest absolute Gasteiger partial charge is 0.247 e. The molecule has 0 aromatic carbocycles. The lowest BCUT2D eigenvalue weighted by Crippen LogP contribution is -2.42. The van der Waals surface area contributed by atoms with E-state index >= 15 is 0 Å². The summed E-state index contributed by atoms with van der Waals surface area (Å²) in [6.07, 6.45) is 2.54. The van der Waals surface area contributed by atoms with E-state index in [4.69, 9.17) is 10.8 Å². The van der Waals surface area contributed by atoms with E-state index in [1.165, 1.54) is 12.8 Å².